The second kappa shape index (κ2) is 3.67. The molecule has 2 atom stereocenters. The van der Waals surface area contributed by atoms with Crippen LogP contribution in [0.1, 0.15) is 6.42 Å². The lowest BCUT2D eigenvalue weighted by Gasteiger charge is -2.50. The van der Waals surface area contributed by atoms with Crippen LogP contribution in [0.3, 0.4) is 0 Å². The van der Waals surface area contributed by atoms with Gasteiger partial charge in [0.1, 0.15) is 0 Å². The molecule has 4 heteroatoms. The summed E-state index contributed by atoms with van der Waals surface area (Å²) in [6.07, 6.45) is 1.44. The summed E-state index contributed by atoms with van der Waals surface area (Å²) < 4.78 is 0. The van der Waals surface area contributed by atoms with E-state index in [0.717, 1.165) is 24.2 Å². The molecule has 0 aliphatic carbocycles. The second-order valence-corrected chi connectivity index (χ2v) is 6.69. The van der Waals surface area contributed by atoms with Crippen molar-refractivity contribution >= 4 is 0 Å². The first-order valence-corrected chi connectivity index (χ1v) is 7.09. The van der Waals surface area contributed by atoms with E-state index in [0.29, 0.717) is 0 Å². The number of piperazine rings is 1. The number of fused-ring (bicyclic) bond motifs is 2. The first-order chi connectivity index (χ1) is 8.20. The first-order valence-electron chi connectivity index (χ1n) is 7.09. The van der Waals surface area contributed by atoms with Crippen LogP contribution in [0, 0.1) is 0 Å². The molecule has 2 bridgehead atoms. The molecular formula is C13H24N4. The van der Waals surface area contributed by atoms with Gasteiger partial charge < -0.3 is 9.80 Å². The van der Waals surface area contributed by atoms with E-state index in [9.17, 15) is 0 Å². The summed E-state index contributed by atoms with van der Waals surface area (Å²) in [5.41, 5.74) is 0. The highest BCUT2D eigenvalue weighted by Crippen LogP contribution is 2.36. The zero-order valence-corrected chi connectivity index (χ0v) is 11.0. The molecule has 0 saturated carbocycles. The van der Waals surface area contributed by atoms with E-state index in [2.05, 4.69) is 33.7 Å². The quantitative estimate of drug-likeness (QED) is 0.633. The Labute approximate surface area is 104 Å². The summed E-state index contributed by atoms with van der Waals surface area (Å²) in [4.78, 5) is 10.5. The number of rotatable bonds is 2. The Morgan fingerprint density at radius 1 is 0.588 bits per heavy atom. The maximum Gasteiger partial charge on any atom is 0.0354 e. The van der Waals surface area contributed by atoms with E-state index in [1.165, 1.54) is 45.7 Å². The fraction of sp³-hybridized carbons (Fsp3) is 1.00. The van der Waals surface area contributed by atoms with Gasteiger partial charge in [0, 0.05) is 63.4 Å². The van der Waals surface area contributed by atoms with Crippen molar-refractivity contribution < 1.29 is 0 Å². The van der Waals surface area contributed by atoms with Gasteiger partial charge in [-0.05, 0) is 20.5 Å². The molecule has 0 aromatic rings. The molecule has 0 N–H and O–H groups in total. The highest BCUT2D eigenvalue weighted by molar-refractivity contribution is 5.07. The lowest BCUT2D eigenvalue weighted by Crippen LogP contribution is -2.66. The Hall–Kier alpha value is -0.160. The first kappa shape index (κ1) is 10.7. The molecule has 0 aromatic carbocycles. The predicted octanol–water partition coefficient (Wildman–Crippen LogP) is -0.627. The van der Waals surface area contributed by atoms with Crippen LogP contribution < -0.4 is 0 Å². The Balaban J connectivity index is 1.36. The minimum Gasteiger partial charge on any atom is -0.303 e. The van der Waals surface area contributed by atoms with Gasteiger partial charge in [0.05, 0.1) is 0 Å². The Morgan fingerprint density at radius 3 is 1.29 bits per heavy atom. The lowest BCUT2D eigenvalue weighted by molar-refractivity contribution is -0.0221. The van der Waals surface area contributed by atoms with Gasteiger partial charge in [-0.15, -0.1) is 0 Å². The van der Waals surface area contributed by atoms with Gasteiger partial charge in [-0.25, -0.2) is 0 Å². The maximum absolute atomic E-state index is 2.81. The molecule has 4 rings (SSSR count). The van der Waals surface area contributed by atoms with Crippen LogP contribution in [0.15, 0.2) is 0 Å². The van der Waals surface area contributed by atoms with E-state index >= 15 is 0 Å². The Kier molecular flexibility index (Phi) is 2.32. The zero-order chi connectivity index (χ0) is 11.6. The predicted molar refractivity (Wildman–Crippen MR) is 68.2 cm³/mol. The molecule has 96 valence electrons. The molecule has 0 amide bonds. The van der Waals surface area contributed by atoms with Gasteiger partial charge in [-0.2, -0.15) is 0 Å². The molecule has 4 fully saturated rings. The van der Waals surface area contributed by atoms with Crippen molar-refractivity contribution in [2.24, 2.45) is 0 Å². The van der Waals surface area contributed by atoms with Crippen LogP contribution >= 0.6 is 0 Å². The van der Waals surface area contributed by atoms with Gasteiger partial charge >= 0.3 is 0 Å². The third kappa shape index (κ3) is 1.58. The minimum absolute atomic E-state index is 0.876. The smallest absolute Gasteiger partial charge is 0.0354 e. The van der Waals surface area contributed by atoms with Gasteiger partial charge in [-0.1, -0.05) is 0 Å². The van der Waals surface area contributed by atoms with Gasteiger partial charge in [0.25, 0.3) is 0 Å². The second-order valence-electron chi connectivity index (χ2n) is 6.69. The van der Waals surface area contributed by atoms with Crippen molar-refractivity contribution in [1.82, 2.24) is 19.6 Å². The molecule has 17 heavy (non-hydrogen) atoms. The maximum atomic E-state index is 2.81. The van der Waals surface area contributed by atoms with Crippen LogP contribution in [0.2, 0.25) is 0 Å². The number of likely N-dealkylation sites (N-methyl/N-ethyl adjacent to an activating group) is 2. The number of likely N-dealkylation sites (tertiary alicyclic amines) is 4. The van der Waals surface area contributed by atoms with Crippen molar-refractivity contribution in [3.8, 4) is 0 Å². The minimum atomic E-state index is 0.876. The highest BCUT2D eigenvalue weighted by Gasteiger charge is 2.50. The summed E-state index contributed by atoms with van der Waals surface area (Å²) in [6.45, 7) is 7.91. The summed E-state index contributed by atoms with van der Waals surface area (Å²) in [5.74, 6) is 0. The van der Waals surface area contributed by atoms with E-state index in [1.807, 2.05) is 0 Å². The fourth-order valence-electron chi connectivity index (χ4n) is 4.37. The van der Waals surface area contributed by atoms with E-state index < -0.39 is 0 Å². The average Bonchev–Trinajstić information content (AvgIpc) is 2.78. The SMILES string of the molecule is CN1CC(N2CC3CC2CN3C2CN(C)C2)C1. The van der Waals surface area contributed by atoms with E-state index in [-0.39, 0.29) is 0 Å². The molecule has 4 saturated heterocycles. The molecule has 0 spiro atoms. The third-order valence-electron chi connectivity index (χ3n) is 5.35. The van der Waals surface area contributed by atoms with Crippen LogP contribution in [0.5, 0.6) is 0 Å². The van der Waals surface area contributed by atoms with Gasteiger partial charge in [0.15, 0.2) is 0 Å². The monoisotopic (exact) mass is 236 g/mol. The van der Waals surface area contributed by atoms with Crippen molar-refractivity contribution in [1.29, 1.82) is 0 Å². The summed E-state index contributed by atoms with van der Waals surface area (Å²) >= 11 is 0. The summed E-state index contributed by atoms with van der Waals surface area (Å²) in [7, 11) is 4.47. The van der Waals surface area contributed by atoms with Crippen LogP contribution in [0.4, 0.5) is 0 Å². The van der Waals surface area contributed by atoms with E-state index in [1.54, 1.807) is 0 Å². The summed E-state index contributed by atoms with van der Waals surface area (Å²) in [5, 5.41) is 0. The number of hydrogen-bond acceptors (Lipinski definition) is 4. The lowest BCUT2D eigenvalue weighted by atomic mass is 10.0. The van der Waals surface area contributed by atoms with Crippen molar-refractivity contribution in [3.63, 3.8) is 0 Å². The third-order valence-corrected chi connectivity index (χ3v) is 5.35. The van der Waals surface area contributed by atoms with Crippen molar-refractivity contribution in [2.75, 3.05) is 53.4 Å². The average molecular weight is 236 g/mol. The molecular weight excluding hydrogens is 212 g/mol. The van der Waals surface area contributed by atoms with Crippen molar-refractivity contribution in [2.45, 2.75) is 30.6 Å². The largest absolute Gasteiger partial charge is 0.303 e. The Bertz CT molecular complexity index is 279. The highest BCUT2D eigenvalue weighted by atomic mass is 15.4. The molecule has 4 nitrogen and oxygen atoms in total. The van der Waals surface area contributed by atoms with Gasteiger partial charge in [-0.3, -0.25) is 9.80 Å². The molecule has 0 radical (unpaired) electrons. The zero-order valence-electron chi connectivity index (χ0n) is 11.0. The molecule has 0 aromatic heterocycles. The molecule has 4 heterocycles. The number of nitrogens with zero attached hydrogens (tertiary/aromatic N) is 4. The standard InChI is InChI=1S/C13H24N4/c1-14-4-12(5-14)16-8-11-3-10(16)9-17(11)13-6-15(2)7-13/h10-13H,3-9H2,1-2H3. The van der Waals surface area contributed by atoms with Gasteiger partial charge in [0.2, 0.25) is 0 Å². The summed E-state index contributed by atoms with van der Waals surface area (Å²) in [6, 6.07) is 3.51. The van der Waals surface area contributed by atoms with Crippen molar-refractivity contribution in [3.05, 3.63) is 0 Å². The molecule has 2 unspecified atom stereocenters. The topological polar surface area (TPSA) is 13.0 Å². The van der Waals surface area contributed by atoms with Crippen LogP contribution in [-0.4, -0.2) is 97.1 Å². The van der Waals surface area contributed by atoms with Crippen LogP contribution in [0.25, 0.3) is 0 Å². The normalized spacial score (nSPS) is 42.0. The van der Waals surface area contributed by atoms with Crippen LogP contribution in [-0.2, 0) is 0 Å². The fourth-order valence-corrected chi connectivity index (χ4v) is 4.37. The Morgan fingerprint density at radius 2 is 1.00 bits per heavy atom. The molecule has 4 aliphatic heterocycles. The number of hydrogen-bond donors (Lipinski definition) is 0. The van der Waals surface area contributed by atoms with E-state index in [4.69, 9.17) is 0 Å². The molecule has 4 aliphatic rings.